The van der Waals surface area contributed by atoms with E-state index in [1.165, 1.54) is 12.1 Å². The van der Waals surface area contributed by atoms with Gasteiger partial charge in [0, 0.05) is 0 Å². The molecule has 0 aliphatic carbocycles. The van der Waals surface area contributed by atoms with Crippen LogP contribution in [0.15, 0.2) is 33.6 Å². The number of amidine groups is 1. The molecule has 13 heavy (non-hydrogen) atoms. The zero-order valence-corrected chi connectivity index (χ0v) is 7.18. The standard InChI is InChI=1S/C7H5FN2O2S/c8-7-9-5-3-1-2-4-6(5)13(11,12)10-7/h1-4H,(H,9,10). The summed E-state index contributed by atoms with van der Waals surface area (Å²) in [5.41, 5.74) is 0.218. The number of nitrogens with one attached hydrogen (secondary N) is 1. The molecule has 1 aromatic rings. The molecule has 1 aliphatic heterocycles. The van der Waals surface area contributed by atoms with Crippen molar-refractivity contribution < 1.29 is 12.8 Å². The van der Waals surface area contributed by atoms with Crippen LogP contribution in [0.25, 0.3) is 0 Å². The van der Waals surface area contributed by atoms with Crippen LogP contribution in [-0.4, -0.2) is 14.5 Å². The van der Waals surface area contributed by atoms with Crippen molar-refractivity contribution in [1.29, 1.82) is 0 Å². The summed E-state index contributed by atoms with van der Waals surface area (Å²) in [5, 5.41) is 2.22. The third-order valence-corrected chi connectivity index (χ3v) is 2.92. The molecule has 1 aromatic carbocycles. The Kier molecular flexibility index (Phi) is 1.59. The Labute approximate surface area is 74.2 Å². The van der Waals surface area contributed by atoms with Crippen molar-refractivity contribution in [3.63, 3.8) is 0 Å². The van der Waals surface area contributed by atoms with E-state index in [9.17, 15) is 12.8 Å². The highest BCUT2D eigenvalue weighted by Crippen LogP contribution is 2.26. The molecule has 0 saturated carbocycles. The van der Waals surface area contributed by atoms with E-state index in [-0.39, 0.29) is 10.6 Å². The Morgan fingerprint density at radius 3 is 2.77 bits per heavy atom. The molecule has 0 aromatic heterocycles. The Hall–Kier alpha value is -1.43. The normalized spacial score (nSPS) is 18.4. The van der Waals surface area contributed by atoms with Crippen molar-refractivity contribution in [1.82, 2.24) is 0 Å². The maximum Gasteiger partial charge on any atom is 0.298 e. The van der Waals surface area contributed by atoms with Gasteiger partial charge >= 0.3 is 0 Å². The fourth-order valence-electron chi connectivity index (χ4n) is 1.08. The molecule has 0 spiro atoms. The molecule has 0 saturated heterocycles. The molecule has 0 unspecified atom stereocenters. The Morgan fingerprint density at radius 2 is 2.00 bits per heavy atom. The lowest BCUT2D eigenvalue weighted by molar-refractivity contribution is 0.596. The van der Waals surface area contributed by atoms with E-state index in [0.29, 0.717) is 0 Å². The van der Waals surface area contributed by atoms with Crippen molar-refractivity contribution in [3.05, 3.63) is 24.3 Å². The second-order valence-electron chi connectivity index (χ2n) is 2.48. The number of hydrogen-bond donors (Lipinski definition) is 1. The van der Waals surface area contributed by atoms with Crippen molar-refractivity contribution in [2.75, 3.05) is 5.32 Å². The number of fused-ring (bicyclic) bond motifs is 1. The molecule has 6 heteroatoms. The van der Waals surface area contributed by atoms with Gasteiger partial charge in [-0.05, 0) is 12.1 Å². The van der Waals surface area contributed by atoms with Gasteiger partial charge in [0.05, 0.1) is 5.69 Å². The van der Waals surface area contributed by atoms with Crippen LogP contribution < -0.4 is 5.32 Å². The molecule has 0 atom stereocenters. The highest BCUT2D eigenvalue weighted by atomic mass is 32.2. The maximum atomic E-state index is 12.6. The van der Waals surface area contributed by atoms with Crippen LogP contribution in [0.1, 0.15) is 0 Å². The molecule has 0 bridgehead atoms. The molecule has 2 rings (SSSR count). The molecule has 0 radical (unpaired) electrons. The van der Waals surface area contributed by atoms with Gasteiger partial charge in [0.15, 0.2) is 0 Å². The minimum absolute atomic E-state index is 0.00333. The molecule has 1 N–H and O–H groups in total. The largest absolute Gasteiger partial charge is 0.314 e. The first-order valence-electron chi connectivity index (χ1n) is 3.46. The van der Waals surface area contributed by atoms with Crippen LogP contribution >= 0.6 is 0 Å². The Morgan fingerprint density at radius 1 is 1.31 bits per heavy atom. The summed E-state index contributed by atoms with van der Waals surface area (Å²) in [7, 11) is -3.84. The maximum absolute atomic E-state index is 12.6. The second kappa shape index (κ2) is 2.53. The van der Waals surface area contributed by atoms with Crippen molar-refractivity contribution in [2.45, 2.75) is 4.90 Å². The summed E-state index contributed by atoms with van der Waals surface area (Å²) in [6.07, 6.45) is -1.10. The summed E-state index contributed by atoms with van der Waals surface area (Å²) in [6, 6.07) is 6.01. The summed E-state index contributed by atoms with van der Waals surface area (Å²) in [5.74, 6) is 0. The first-order chi connectivity index (χ1) is 6.09. The average molecular weight is 200 g/mol. The molecule has 0 fully saturated rings. The first kappa shape index (κ1) is 8.18. The van der Waals surface area contributed by atoms with E-state index >= 15 is 0 Å². The monoisotopic (exact) mass is 200 g/mol. The topological polar surface area (TPSA) is 58.5 Å². The molecule has 1 heterocycles. The Balaban J connectivity index is 2.73. The number of nitrogens with zero attached hydrogens (tertiary/aromatic N) is 1. The number of halogens is 1. The lowest BCUT2D eigenvalue weighted by Gasteiger charge is -2.12. The van der Waals surface area contributed by atoms with E-state index in [0.717, 1.165) is 0 Å². The van der Waals surface area contributed by atoms with Gasteiger partial charge in [-0.2, -0.15) is 12.8 Å². The van der Waals surface area contributed by atoms with Gasteiger partial charge in [-0.25, -0.2) is 0 Å². The SMILES string of the molecule is O=S1(=O)N=C(F)Nc2ccccc21. The predicted octanol–water partition coefficient (Wildman–Crippen LogP) is 1.13. The Bertz CT molecular complexity index is 481. The number of anilines is 1. The number of para-hydroxylation sites is 1. The molecule has 4 nitrogen and oxygen atoms in total. The van der Waals surface area contributed by atoms with Crippen LogP contribution in [-0.2, 0) is 10.0 Å². The third-order valence-electron chi connectivity index (χ3n) is 1.60. The quantitative estimate of drug-likeness (QED) is 0.638. The molecule has 0 amide bonds. The lowest BCUT2D eigenvalue weighted by Crippen LogP contribution is -2.17. The van der Waals surface area contributed by atoms with Crippen LogP contribution in [0.4, 0.5) is 10.1 Å². The fourth-order valence-corrected chi connectivity index (χ4v) is 2.09. The first-order valence-corrected chi connectivity index (χ1v) is 4.90. The second-order valence-corrected chi connectivity index (χ2v) is 4.05. The fraction of sp³-hybridized carbons (Fsp3) is 0. The van der Waals surface area contributed by atoms with Gasteiger partial charge in [0.1, 0.15) is 4.90 Å². The van der Waals surface area contributed by atoms with Gasteiger partial charge in [-0.15, -0.1) is 4.40 Å². The number of rotatable bonds is 0. The van der Waals surface area contributed by atoms with Crippen molar-refractivity contribution in [2.24, 2.45) is 4.40 Å². The van der Waals surface area contributed by atoms with Gasteiger partial charge in [-0.1, -0.05) is 12.1 Å². The van der Waals surface area contributed by atoms with Crippen LogP contribution in [0, 0.1) is 0 Å². The average Bonchev–Trinajstić information content (AvgIpc) is 2.02. The van der Waals surface area contributed by atoms with Crippen molar-refractivity contribution in [3.8, 4) is 0 Å². The van der Waals surface area contributed by atoms with E-state index in [4.69, 9.17) is 0 Å². The van der Waals surface area contributed by atoms with Crippen molar-refractivity contribution >= 4 is 21.8 Å². The number of benzene rings is 1. The summed E-state index contributed by atoms with van der Waals surface area (Å²) in [6.45, 7) is 0. The van der Waals surface area contributed by atoms with Crippen LogP contribution in [0.5, 0.6) is 0 Å². The molecular weight excluding hydrogens is 195 g/mol. The number of sulfonamides is 1. The summed E-state index contributed by atoms with van der Waals surface area (Å²) in [4.78, 5) is -0.00333. The minimum Gasteiger partial charge on any atom is -0.314 e. The van der Waals surface area contributed by atoms with E-state index in [1.54, 1.807) is 12.1 Å². The predicted molar refractivity (Wildman–Crippen MR) is 45.8 cm³/mol. The third kappa shape index (κ3) is 1.29. The zero-order chi connectivity index (χ0) is 9.47. The van der Waals surface area contributed by atoms with Gasteiger partial charge < -0.3 is 5.32 Å². The zero-order valence-electron chi connectivity index (χ0n) is 6.36. The minimum atomic E-state index is -3.84. The van der Waals surface area contributed by atoms with E-state index in [2.05, 4.69) is 9.71 Å². The lowest BCUT2D eigenvalue weighted by atomic mass is 10.3. The highest BCUT2D eigenvalue weighted by molar-refractivity contribution is 7.90. The van der Waals surface area contributed by atoms with E-state index < -0.39 is 16.1 Å². The number of hydrogen-bond acceptors (Lipinski definition) is 3. The highest BCUT2D eigenvalue weighted by Gasteiger charge is 2.23. The van der Waals surface area contributed by atoms with Gasteiger partial charge in [0.2, 0.25) is 0 Å². The summed E-state index contributed by atoms with van der Waals surface area (Å²) < 4.78 is 37.9. The molecular formula is C7H5FN2O2S. The molecule has 1 aliphatic rings. The van der Waals surface area contributed by atoms with E-state index in [1.807, 2.05) is 0 Å². The van der Waals surface area contributed by atoms with Gasteiger partial charge in [-0.3, -0.25) is 0 Å². The summed E-state index contributed by atoms with van der Waals surface area (Å²) >= 11 is 0. The smallest absolute Gasteiger partial charge is 0.298 e. The molecule has 68 valence electrons. The van der Waals surface area contributed by atoms with Crippen LogP contribution in [0.2, 0.25) is 0 Å². The van der Waals surface area contributed by atoms with Crippen LogP contribution in [0.3, 0.4) is 0 Å². The van der Waals surface area contributed by atoms with Gasteiger partial charge in [0.25, 0.3) is 16.1 Å².